The number of ketones is 1. The molecule has 0 aromatic rings. The second-order valence-electron chi connectivity index (χ2n) is 4.91. The van der Waals surface area contributed by atoms with Gasteiger partial charge in [0.05, 0.1) is 0 Å². The number of rotatable bonds is 5. The molecule has 0 bridgehead atoms. The summed E-state index contributed by atoms with van der Waals surface area (Å²) in [6, 6.07) is 0.139. The molecule has 1 aliphatic rings. The molecule has 0 saturated heterocycles. The van der Waals surface area contributed by atoms with E-state index < -0.39 is 0 Å². The number of nitrogens with two attached hydrogens (primary N) is 1. The van der Waals surface area contributed by atoms with Gasteiger partial charge < -0.3 is 5.73 Å². The first-order valence-electron chi connectivity index (χ1n) is 6.47. The molecule has 2 atom stereocenters. The van der Waals surface area contributed by atoms with Crippen LogP contribution >= 0.6 is 0 Å². The fourth-order valence-corrected chi connectivity index (χ4v) is 2.57. The summed E-state index contributed by atoms with van der Waals surface area (Å²) in [6.07, 6.45) is 7.45. The van der Waals surface area contributed by atoms with Crippen LogP contribution in [0.25, 0.3) is 0 Å². The van der Waals surface area contributed by atoms with Crippen molar-refractivity contribution in [1.29, 1.82) is 0 Å². The van der Waals surface area contributed by atoms with Crippen LogP contribution in [-0.4, -0.2) is 11.8 Å². The Morgan fingerprint density at radius 1 is 1.27 bits per heavy atom. The first-order valence-corrected chi connectivity index (χ1v) is 6.47. The first-order chi connectivity index (χ1) is 7.19. The third kappa shape index (κ3) is 3.60. The number of hydrogen-bond donors (Lipinski definition) is 1. The highest BCUT2D eigenvalue weighted by Gasteiger charge is 2.28. The van der Waals surface area contributed by atoms with E-state index in [0.717, 1.165) is 32.1 Å². The van der Waals surface area contributed by atoms with Gasteiger partial charge in [-0.2, -0.15) is 0 Å². The second-order valence-corrected chi connectivity index (χ2v) is 4.91. The fraction of sp³-hybridized carbons (Fsp3) is 0.923. The van der Waals surface area contributed by atoms with Crippen LogP contribution < -0.4 is 5.73 Å². The lowest BCUT2D eigenvalue weighted by Crippen LogP contribution is -2.38. The maximum absolute atomic E-state index is 12.1. The highest BCUT2D eigenvalue weighted by molar-refractivity contribution is 5.82. The predicted octanol–water partition coefficient (Wildman–Crippen LogP) is 2.90. The number of Topliss-reactive ketones (excluding diaryl/α,β-unsaturated/α-hetero) is 1. The number of carbonyl (C=O) groups excluding carboxylic acids is 1. The van der Waals surface area contributed by atoms with Crippen LogP contribution in [0.4, 0.5) is 0 Å². The molecule has 1 aliphatic carbocycles. The van der Waals surface area contributed by atoms with Crippen molar-refractivity contribution < 1.29 is 4.79 Å². The number of hydrogen-bond acceptors (Lipinski definition) is 2. The molecular weight excluding hydrogens is 186 g/mol. The molecule has 2 unspecified atom stereocenters. The van der Waals surface area contributed by atoms with Gasteiger partial charge in [0.2, 0.25) is 0 Å². The molecule has 1 fully saturated rings. The van der Waals surface area contributed by atoms with Crippen molar-refractivity contribution in [3.8, 4) is 0 Å². The highest BCUT2D eigenvalue weighted by Crippen LogP contribution is 2.27. The van der Waals surface area contributed by atoms with Crippen molar-refractivity contribution in [3.63, 3.8) is 0 Å². The lowest BCUT2D eigenvalue weighted by molar-refractivity contribution is -0.125. The van der Waals surface area contributed by atoms with Crippen LogP contribution in [0.5, 0.6) is 0 Å². The molecule has 15 heavy (non-hydrogen) atoms. The van der Waals surface area contributed by atoms with Crippen LogP contribution in [0.15, 0.2) is 0 Å². The molecular formula is C13H25NO. The van der Waals surface area contributed by atoms with Crippen molar-refractivity contribution in [2.75, 3.05) is 0 Å². The van der Waals surface area contributed by atoms with Crippen LogP contribution in [-0.2, 0) is 4.79 Å². The van der Waals surface area contributed by atoms with Crippen LogP contribution in [0.3, 0.4) is 0 Å². The average molecular weight is 211 g/mol. The van der Waals surface area contributed by atoms with Gasteiger partial charge in [-0.3, -0.25) is 4.79 Å². The van der Waals surface area contributed by atoms with E-state index in [-0.39, 0.29) is 12.0 Å². The second kappa shape index (κ2) is 6.26. The molecule has 1 rings (SSSR count). The molecule has 0 aromatic heterocycles. The fourth-order valence-electron chi connectivity index (χ4n) is 2.57. The van der Waals surface area contributed by atoms with E-state index >= 15 is 0 Å². The summed E-state index contributed by atoms with van der Waals surface area (Å²) < 4.78 is 0. The molecule has 0 aliphatic heterocycles. The van der Waals surface area contributed by atoms with Gasteiger partial charge in [0.1, 0.15) is 5.78 Å². The van der Waals surface area contributed by atoms with Crippen LogP contribution in [0, 0.1) is 11.8 Å². The highest BCUT2D eigenvalue weighted by atomic mass is 16.1. The Bertz CT molecular complexity index is 199. The Morgan fingerprint density at radius 2 is 1.87 bits per heavy atom. The van der Waals surface area contributed by atoms with E-state index in [1.54, 1.807) is 0 Å². The van der Waals surface area contributed by atoms with Gasteiger partial charge in [-0.1, -0.05) is 39.5 Å². The predicted molar refractivity (Wildman–Crippen MR) is 63.6 cm³/mol. The van der Waals surface area contributed by atoms with E-state index in [1.165, 1.54) is 12.8 Å². The summed E-state index contributed by atoms with van der Waals surface area (Å²) in [5.74, 6) is 1.17. The van der Waals surface area contributed by atoms with Crippen molar-refractivity contribution in [2.45, 2.75) is 64.8 Å². The van der Waals surface area contributed by atoms with Gasteiger partial charge in [-0.25, -0.2) is 0 Å². The van der Waals surface area contributed by atoms with Crippen LogP contribution in [0.1, 0.15) is 58.8 Å². The molecule has 0 spiro atoms. The largest absolute Gasteiger partial charge is 0.327 e. The van der Waals surface area contributed by atoms with E-state index in [0.29, 0.717) is 11.7 Å². The maximum Gasteiger partial charge on any atom is 0.137 e. The Morgan fingerprint density at radius 3 is 2.40 bits per heavy atom. The number of carbonyl (C=O) groups is 1. The van der Waals surface area contributed by atoms with Gasteiger partial charge >= 0.3 is 0 Å². The zero-order valence-electron chi connectivity index (χ0n) is 10.2. The third-order valence-electron chi connectivity index (χ3n) is 3.88. The first kappa shape index (κ1) is 12.7. The molecule has 0 radical (unpaired) electrons. The Labute approximate surface area is 93.6 Å². The lowest BCUT2D eigenvalue weighted by atomic mass is 9.79. The van der Waals surface area contributed by atoms with E-state index in [4.69, 9.17) is 5.73 Å². The quantitative estimate of drug-likeness (QED) is 0.760. The summed E-state index contributed by atoms with van der Waals surface area (Å²) in [7, 11) is 0. The summed E-state index contributed by atoms with van der Waals surface area (Å²) >= 11 is 0. The van der Waals surface area contributed by atoms with Crippen molar-refractivity contribution in [1.82, 2.24) is 0 Å². The molecule has 2 N–H and O–H groups in total. The standard InChI is InChI=1S/C13H25NO/c1-3-10(4-2)9-13(15)11-7-5-6-8-12(11)14/h10-12H,3-9,14H2,1-2H3. The summed E-state index contributed by atoms with van der Waals surface area (Å²) in [5, 5.41) is 0. The zero-order chi connectivity index (χ0) is 11.3. The molecule has 0 aromatic carbocycles. The molecule has 1 saturated carbocycles. The van der Waals surface area contributed by atoms with Crippen LogP contribution in [0.2, 0.25) is 0 Å². The smallest absolute Gasteiger partial charge is 0.137 e. The molecule has 88 valence electrons. The molecule has 0 amide bonds. The van der Waals surface area contributed by atoms with Crippen molar-refractivity contribution in [2.24, 2.45) is 17.6 Å². The molecule has 2 heteroatoms. The SMILES string of the molecule is CCC(CC)CC(=O)C1CCCCC1N. The summed E-state index contributed by atoms with van der Waals surface area (Å²) in [4.78, 5) is 12.1. The van der Waals surface area contributed by atoms with Crippen molar-refractivity contribution >= 4 is 5.78 Å². The van der Waals surface area contributed by atoms with E-state index in [9.17, 15) is 4.79 Å². The molecule has 0 heterocycles. The lowest BCUT2D eigenvalue weighted by Gasteiger charge is -2.28. The van der Waals surface area contributed by atoms with Gasteiger partial charge in [-0.15, -0.1) is 0 Å². The van der Waals surface area contributed by atoms with Gasteiger partial charge in [-0.05, 0) is 18.8 Å². The normalized spacial score (nSPS) is 26.9. The average Bonchev–Trinajstić information content (AvgIpc) is 2.26. The van der Waals surface area contributed by atoms with Gasteiger partial charge in [0.25, 0.3) is 0 Å². The Hall–Kier alpha value is -0.370. The Balaban J connectivity index is 2.44. The zero-order valence-corrected chi connectivity index (χ0v) is 10.2. The third-order valence-corrected chi connectivity index (χ3v) is 3.88. The van der Waals surface area contributed by atoms with Gasteiger partial charge in [0.15, 0.2) is 0 Å². The summed E-state index contributed by atoms with van der Waals surface area (Å²) in [6.45, 7) is 4.34. The minimum atomic E-state index is 0.139. The minimum absolute atomic E-state index is 0.139. The minimum Gasteiger partial charge on any atom is -0.327 e. The topological polar surface area (TPSA) is 43.1 Å². The molecule has 2 nitrogen and oxygen atoms in total. The van der Waals surface area contributed by atoms with Gasteiger partial charge in [0, 0.05) is 18.4 Å². The van der Waals surface area contributed by atoms with E-state index in [1.807, 2.05) is 0 Å². The van der Waals surface area contributed by atoms with E-state index in [2.05, 4.69) is 13.8 Å². The van der Waals surface area contributed by atoms with Crippen molar-refractivity contribution in [3.05, 3.63) is 0 Å². The summed E-state index contributed by atoms with van der Waals surface area (Å²) in [5.41, 5.74) is 6.02. The maximum atomic E-state index is 12.1. The Kier molecular flexibility index (Phi) is 5.30. The monoisotopic (exact) mass is 211 g/mol.